The summed E-state index contributed by atoms with van der Waals surface area (Å²) in [5.41, 5.74) is 0. The highest BCUT2D eigenvalue weighted by Gasteiger charge is 2.39. The first-order valence-corrected chi connectivity index (χ1v) is 7.70. The van der Waals surface area contributed by atoms with Gasteiger partial charge in [-0.05, 0) is 32.6 Å². The van der Waals surface area contributed by atoms with Crippen molar-refractivity contribution in [3.63, 3.8) is 0 Å². The molecule has 0 N–H and O–H groups in total. The van der Waals surface area contributed by atoms with Crippen molar-refractivity contribution in [1.82, 2.24) is 0 Å². The molecule has 21 heavy (non-hydrogen) atoms. The van der Waals surface area contributed by atoms with E-state index in [4.69, 9.17) is 18.9 Å². The smallest absolute Gasteiger partial charge is 0.308 e. The van der Waals surface area contributed by atoms with Gasteiger partial charge in [-0.2, -0.15) is 0 Å². The minimum Gasteiger partial charge on any atom is -0.466 e. The van der Waals surface area contributed by atoms with Gasteiger partial charge in [0.1, 0.15) is 12.2 Å². The first-order valence-electron chi connectivity index (χ1n) is 7.70. The van der Waals surface area contributed by atoms with Crippen LogP contribution in [-0.4, -0.2) is 49.6 Å². The van der Waals surface area contributed by atoms with Crippen LogP contribution < -0.4 is 0 Å². The molecule has 0 saturated carbocycles. The molecule has 2 fully saturated rings. The van der Waals surface area contributed by atoms with Crippen molar-refractivity contribution >= 4 is 11.9 Å². The monoisotopic (exact) mass is 300 g/mol. The van der Waals surface area contributed by atoms with Gasteiger partial charge in [-0.15, -0.1) is 0 Å². The predicted molar refractivity (Wildman–Crippen MR) is 73.7 cm³/mol. The zero-order valence-electron chi connectivity index (χ0n) is 12.7. The van der Waals surface area contributed by atoms with Crippen molar-refractivity contribution < 1.29 is 28.5 Å². The second-order valence-electron chi connectivity index (χ2n) is 5.50. The zero-order valence-corrected chi connectivity index (χ0v) is 12.7. The topological polar surface area (TPSA) is 71.1 Å². The van der Waals surface area contributed by atoms with E-state index in [1.165, 1.54) is 6.92 Å². The summed E-state index contributed by atoms with van der Waals surface area (Å²) in [5.74, 6) is -0.682. The summed E-state index contributed by atoms with van der Waals surface area (Å²) in [7, 11) is 0. The van der Waals surface area contributed by atoms with Crippen molar-refractivity contribution in [2.45, 2.75) is 70.4 Å². The molecule has 6 heteroatoms. The molecule has 2 heterocycles. The van der Waals surface area contributed by atoms with Crippen molar-refractivity contribution in [2.75, 3.05) is 13.2 Å². The van der Waals surface area contributed by atoms with Crippen LogP contribution in [0.3, 0.4) is 0 Å². The predicted octanol–water partition coefficient (Wildman–Crippen LogP) is 1.60. The van der Waals surface area contributed by atoms with E-state index in [0.717, 1.165) is 25.9 Å². The molecular formula is C15H24O6. The molecular weight excluding hydrogens is 276 g/mol. The molecule has 0 spiro atoms. The number of fused-ring (bicyclic) bond motifs is 1. The second kappa shape index (κ2) is 7.75. The Kier molecular flexibility index (Phi) is 5.99. The van der Waals surface area contributed by atoms with E-state index in [0.29, 0.717) is 13.0 Å². The molecule has 2 rings (SSSR count). The standard InChI is InChI=1S/C15H24O6/c1-3-18-15(17)9-14-13(20-10(2)16)7-6-11-12(21-14)5-4-8-19-11/h11-14H,3-9H2,1-2H3/t11-,12+,13-,14-/m1/s1. The first kappa shape index (κ1) is 16.2. The maximum Gasteiger partial charge on any atom is 0.308 e. The van der Waals surface area contributed by atoms with Gasteiger partial charge < -0.3 is 18.9 Å². The minimum atomic E-state index is -0.454. The van der Waals surface area contributed by atoms with E-state index in [2.05, 4.69) is 0 Å². The minimum absolute atomic E-state index is 0.0289. The van der Waals surface area contributed by atoms with Crippen LogP contribution >= 0.6 is 0 Å². The molecule has 2 aliphatic heterocycles. The van der Waals surface area contributed by atoms with Crippen LogP contribution in [0.15, 0.2) is 0 Å². The highest BCUT2D eigenvalue weighted by atomic mass is 16.6. The van der Waals surface area contributed by atoms with Crippen LogP contribution in [0.5, 0.6) is 0 Å². The number of esters is 2. The molecule has 0 amide bonds. The first-order chi connectivity index (χ1) is 10.1. The zero-order chi connectivity index (χ0) is 15.2. The fourth-order valence-corrected chi connectivity index (χ4v) is 2.98. The van der Waals surface area contributed by atoms with E-state index in [9.17, 15) is 9.59 Å². The quantitative estimate of drug-likeness (QED) is 0.734. The van der Waals surface area contributed by atoms with Gasteiger partial charge in [-0.25, -0.2) is 0 Å². The van der Waals surface area contributed by atoms with Crippen LogP contribution in [0, 0.1) is 0 Å². The molecule has 4 atom stereocenters. The lowest BCUT2D eigenvalue weighted by molar-refractivity contribution is -0.171. The summed E-state index contributed by atoms with van der Waals surface area (Å²) in [4.78, 5) is 23.0. The Hall–Kier alpha value is -1.14. The van der Waals surface area contributed by atoms with E-state index >= 15 is 0 Å². The average Bonchev–Trinajstić information content (AvgIpc) is 2.59. The third-order valence-corrected chi connectivity index (χ3v) is 3.87. The van der Waals surface area contributed by atoms with Gasteiger partial charge >= 0.3 is 11.9 Å². The highest BCUT2D eigenvalue weighted by Crippen LogP contribution is 2.30. The summed E-state index contributed by atoms with van der Waals surface area (Å²) < 4.78 is 22.1. The lowest BCUT2D eigenvalue weighted by Crippen LogP contribution is -2.39. The van der Waals surface area contributed by atoms with E-state index in [1.807, 2.05) is 0 Å². The maximum absolute atomic E-state index is 11.7. The van der Waals surface area contributed by atoms with Crippen LogP contribution in [0.25, 0.3) is 0 Å². The fourth-order valence-electron chi connectivity index (χ4n) is 2.98. The molecule has 0 aromatic heterocycles. The van der Waals surface area contributed by atoms with Gasteiger partial charge in [0.25, 0.3) is 0 Å². The Morgan fingerprint density at radius 3 is 2.71 bits per heavy atom. The van der Waals surface area contributed by atoms with Crippen molar-refractivity contribution in [3.8, 4) is 0 Å². The van der Waals surface area contributed by atoms with Crippen LogP contribution in [0.4, 0.5) is 0 Å². The number of ether oxygens (including phenoxy) is 4. The van der Waals surface area contributed by atoms with Gasteiger partial charge in [-0.3, -0.25) is 9.59 Å². The van der Waals surface area contributed by atoms with Crippen LogP contribution in [0.1, 0.15) is 46.0 Å². The summed E-state index contributed by atoms with van der Waals surface area (Å²) in [5, 5.41) is 0. The van der Waals surface area contributed by atoms with E-state index in [-0.39, 0.29) is 30.6 Å². The Labute approximate surface area is 125 Å². The lowest BCUT2D eigenvalue weighted by atomic mass is 10.0. The second-order valence-corrected chi connectivity index (χ2v) is 5.50. The SMILES string of the molecule is CCOC(=O)C[C@H]1O[C@H]2CCCO[C@@H]2CC[C@H]1OC(C)=O. The maximum atomic E-state index is 11.7. The number of rotatable bonds is 4. The third kappa shape index (κ3) is 4.68. The molecule has 0 aromatic rings. The Morgan fingerprint density at radius 2 is 2.00 bits per heavy atom. The van der Waals surface area contributed by atoms with Gasteiger partial charge in [0.2, 0.25) is 0 Å². The van der Waals surface area contributed by atoms with E-state index in [1.54, 1.807) is 6.92 Å². The Balaban J connectivity index is 2.05. The Bertz CT molecular complexity index is 369. The summed E-state index contributed by atoms with van der Waals surface area (Å²) in [6, 6.07) is 0. The number of hydrogen-bond acceptors (Lipinski definition) is 6. The highest BCUT2D eigenvalue weighted by molar-refractivity contribution is 5.70. The normalized spacial score (nSPS) is 32.7. The third-order valence-electron chi connectivity index (χ3n) is 3.87. The van der Waals surface area contributed by atoms with Gasteiger partial charge in [0, 0.05) is 13.5 Å². The summed E-state index contributed by atoms with van der Waals surface area (Å²) in [6.07, 6.45) is 2.53. The number of hydrogen-bond donors (Lipinski definition) is 0. The summed E-state index contributed by atoms with van der Waals surface area (Å²) in [6.45, 7) is 4.21. The van der Waals surface area contributed by atoms with Crippen molar-refractivity contribution in [3.05, 3.63) is 0 Å². The van der Waals surface area contributed by atoms with Crippen LogP contribution in [-0.2, 0) is 28.5 Å². The molecule has 0 aliphatic carbocycles. The van der Waals surface area contributed by atoms with Crippen molar-refractivity contribution in [1.29, 1.82) is 0 Å². The average molecular weight is 300 g/mol. The number of carbonyl (C=O) groups is 2. The molecule has 120 valence electrons. The molecule has 0 radical (unpaired) electrons. The summed E-state index contributed by atoms with van der Waals surface area (Å²) >= 11 is 0. The van der Waals surface area contributed by atoms with Gasteiger partial charge in [0.05, 0.1) is 25.2 Å². The van der Waals surface area contributed by atoms with Gasteiger partial charge in [0.15, 0.2) is 0 Å². The number of carbonyl (C=O) groups excluding carboxylic acids is 2. The van der Waals surface area contributed by atoms with E-state index < -0.39 is 12.2 Å². The molecule has 6 nitrogen and oxygen atoms in total. The fraction of sp³-hybridized carbons (Fsp3) is 0.867. The van der Waals surface area contributed by atoms with Gasteiger partial charge in [-0.1, -0.05) is 0 Å². The van der Waals surface area contributed by atoms with Crippen molar-refractivity contribution in [2.24, 2.45) is 0 Å². The largest absolute Gasteiger partial charge is 0.466 e. The molecule has 2 aliphatic rings. The van der Waals surface area contributed by atoms with Crippen LogP contribution in [0.2, 0.25) is 0 Å². The lowest BCUT2D eigenvalue weighted by Gasteiger charge is -2.31. The molecule has 0 aromatic carbocycles. The molecule has 0 unspecified atom stereocenters. The molecule has 0 bridgehead atoms. The Morgan fingerprint density at radius 1 is 1.19 bits per heavy atom. The molecule has 2 saturated heterocycles.